The molecule has 0 radical (unpaired) electrons. The molecule has 0 saturated carbocycles. The van der Waals surface area contributed by atoms with E-state index in [1.54, 1.807) is 18.2 Å². The van der Waals surface area contributed by atoms with Crippen molar-refractivity contribution in [3.8, 4) is 0 Å². The molecule has 0 aliphatic rings. The van der Waals surface area contributed by atoms with E-state index >= 15 is 0 Å². The lowest BCUT2D eigenvalue weighted by atomic mass is 10.1. The average Bonchev–Trinajstić information content (AvgIpc) is 2.46. The molecule has 0 spiro atoms. The van der Waals surface area contributed by atoms with E-state index in [0.717, 1.165) is 10.0 Å². The molecule has 0 bridgehead atoms. The zero-order chi connectivity index (χ0) is 15.4. The van der Waals surface area contributed by atoms with Crippen molar-refractivity contribution in [2.24, 2.45) is 0 Å². The third kappa shape index (κ3) is 3.79. The van der Waals surface area contributed by atoms with E-state index in [1.807, 2.05) is 0 Å². The SMILES string of the molecule is O=C(O)c1ccc(CNc2cc([N+](=O)[O-])ccc2Br)cc1. The largest absolute Gasteiger partial charge is 0.478 e. The maximum atomic E-state index is 10.8. The summed E-state index contributed by atoms with van der Waals surface area (Å²) in [4.78, 5) is 21.0. The molecule has 0 saturated heterocycles. The maximum Gasteiger partial charge on any atom is 0.335 e. The molecule has 0 heterocycles. The number of rotatable bonds is 5. The van der Waals surface area contributed by atoms with Gasteiger partial charge in [0.15, 0.2) is 0 Å². The predicted molar refractivity (Wildman–Crippen MR) is 81.5 cm³/mol. The van der Waals surface area contributed by atoms with Crippen molar-refractivity contribution in [3.05, 3.63) is 68.2 Å². The third-order valence-electron chi connectivity index (χ3n) is 2.84. The molecule has 2 aromatic rings. The van der Waals surface area contributed by atoms with E-state index in [2.05, 4.69) is 21.2 Å². The molecule has 2 N–H and O–H groups in total. The number of carboxylic acid groups (broad SMARTS) is 1. The molecule has 0 atom stereocenters. The van der Waals surface area contributed by atoms with E-state index in [9.17, 15) is 14.9 Å². The second kappa shape index (κ2) is 6.36. The van der Waals surface area contributed by atoms with Crippen LogP contribution in [0.15, 0.2) is 46.9 Å². The number of hydrogen-bond donors (Lipinski definition) is 2. The molecule has 21 heavy (non-hydrogen) atoms. The van der Waals surface area contributed by atoms with Crippen molar-refractivity contribution in [1.82, 2.24) is 0 Å². The minimum atomic E-state index is -0.976. The van der Waals surface area contributed by atoms with Crippen LogP contribution >= 0.6 is 15.9 Å². The molecule has 0 aromatic heterocycles. The summed E-state index contributed by atoms with van der Waals surface area (Å²) in [6, 6.07) is 10.9. The van der Waals surface area contributed by atoms with Crippen molar-refractivity contribution in [3.63, 3.8) is 0 Å². The number of nitro benzene ring substituents is 1. The zero-order valence-electron chi connectivity index (χ0n) is 10.7. The van der Waals surface area contributed by atoms with Gasteiger partial charge in [0, 0.05) is 23.2 Å². The molecule has 6 nitrogen and oxygen atoms in total. The van der Waals surface area contributed by atoms with Gasteiger partial charge in [-0.15, -0.1) is 0 Å². The lowest BCUT2D eigenvalue weighted by molar-refractivity contribution is -0.384. The zero-order valence-corrected chi connectivity index (χ0v) is 12.3. The van der Waals surface area contributed by atoms with Gasteiger partial charge >= 0.3 is 5.97 Å². The van der Waals surface area contributed by atoms with Gasteiger partial charge in [0.1, 0.15) is 0 Å². The van der Waals surface area contributed by atoms with Crippen molar-refractivity contribution >= 4 is 33.3 Å². The Balaban J connectivity index is 2.10. The molecule has 2 aromatic carbocycles. The standard InChI is InChI=1S/C14H11BrN2O4/c15-12-6-5-11(17(20)21)7-13(12)16-8-9-1-3-10(4-2-9)14(18)19/h1-7,16H,8H2,(H,18,19). The van der Waals surface area contributed by atoms with Crippen molar-refractivity contribution in [1.29, 1.82) is 0 Å². The Hall–Kier alpha value is -2.41. The first-order valence-corrected chi connectivity index (χ1v) is 6.76. The summed E-state index contributed by atoms with van der Waals surface area (Å²) >= 11 is 3.32. The summed E-state index contributed by atoms with van der Waals surface area (Å²) in [5.41, 5.74) is 1.70. The third-order valence-corrected chi connectivity index (χ3v) is 3.54. The summed E-state index contributed by atoms with van der Waals surface area (Å²) in [6.07, 6.45) is 0. The number of non-ortho nitro benzene ring substituents is 1. The molecule has 0 aliphatic carbocycles. The number of nitro groups is 1. The lowest BCUT2D eigenvalue weighted by Gasteiger charge is -2.08. The summed E-state index contributed by atoms with van der Waals surface area (Å²) in [5.74, 6) is -0.976. The Bertz CT molecular complexity index is 686. The number of carboxylic acids is 1. The smallest absolute Gasteiger partial charge is 0.335 e. The highest BCUT2D eigenvalue weighted by molar-refractivity contribution is 9.10. The summed E-state index contributed by atoms with van der Waals surface area (Å²) in [5, 5.41) is 22.6. The topological polar surface area (TPSA) is 92.5 Å². The number of nitrogens with zero attached hydrogens (tertiary/aromatic N) is 1. The van der Waals surface area contributed by atoms with Crippen LogP contribution in [-0.4, -0.2) is 16.0 Å². The number of halogens is 1. The normalized spacial score (nSPS) is 10.1. The average molecular weight is 351 g/mol. The van der Waals surface area contributed by atoms with Gasteiger partial charge in [-0.1, -0.05) is 12.1 Å². The Morgan fingerprint density at radius 1 is 1.24 bits per heavy atom. The fraction of sp³-hybridized carbons (Fsp3) is 0.0714. The molecule has 0 amide bonds. The van der Waals surface area contributed by atoms with Crippen LogP contribution in [0.5, 0.6) is 0 Å². The van der Waals surface area contributed by atoms with Crippen LogP contribution in [0.4, 0.5) is 11.4 Å². The van der Waals surface area contributed by atoms with Gasteiger partial charge in [-0.25, -0.2) is 4.79 Å². The minimum Gasteiger partial charge on any atom is -0.478 e. The number of benzene rings is 2. The number of carbonyl (C=O) groups is 1. The van der Waals surface area contributed by atoms with Gasteiger partial charge in [0.2, 0.25) is 0 Å². The monoisotopic (exact) mass is 350 g/mol. The summed E-state index contributed by atoms with van der Waals surface area (Å²) < 4.78 is 0.718. The molecule has 2 rings (SSSR count). The first-order chi connectivity index (χ1) is 9.97. The highest BCUT2D eigenvalue weighted by Gasteiger charge is 2.09. The van der Waals surface area contributed by atoms with Crippen LogP contribution in [0.2, 0.25) is 0 Å². The minimum absolute atomic E-state index is 0.00178. The van der Waals surface area contributed by atoms with Crippen molar-refractivity contribution in [2.75, 3.05) is 5.32 Å². The van der Waals surface area contributed by atoms with Crippen LogP contribution in [0.3, 0.4) is 0 Å². The molecule has 0 unspecified atom stereocenters. The van der Waals surface area contributed by atoms with E-state index in [4.69, 9.17) is 5.11 Å². The number of hydrogen-bond acceptors (Lipinski definition) is 4. The number of aromatic carboxylic acids is 1. The molecular formula is C14H11BrN2O4. The van der Waals surface area contributed by atoms with Gasteiger partial charge in [0.05, 0.1) is 16.2 Å². The Labute approximate surface area is 128 Å². The van der Waals surface area contributed by atoms with E-state index in [1.165, 1.54) is 24.3 Å². The van der Waals surface area contributed by atoms with Gasteiger partial charge < -0.3 is 10.4 Å². The predicted octanol–water partition coefficient (Wildman–Crippen LogP) is 3.67. The summed E-state index contributed by atoms with van der Waals surface area (Å²) in [6.45, 7) is 0.430. The quantitative estimate of drug-likeness (QED) is 0.633. The molecule has 108 valence electrons. The van der Waals surface area contributed by atoms with Gasteiger partial charge in [-0.2, -0.15) is 0 Å². The molecule has 7 heteroatoms. The van der Waals surface area contributed by atoms with Gasteiger partial charge in [0.25, 0.3) is 5.69 Å². The Morgan fingerprint density at radius 2 is 1.90 bits per heavy atom. The Kier molecular flexibility index (Phi) is 4.54. The first-order valence-electron chi connectivity index (χ1n) is 5.97. The van der Waals surface area contributed by atoms with E-state index < -0.39 is 10.9 Å². The number of nitrogens with one attached hydrogen (secondary N) is 1. The second-order valence-corrected chi connectivity index (χ2v) is 5.13. The highest BCUT2D eigenvalue weighted by Crippen LogP contribution is 2.27. The van der Waals surface area contributed by atoms with Gasteiger partial charge in [-0.3, -0.25) is 10.1 Å². The highest BCUT2D eigenvalue weighted by atomic mass is 79.9. The first kappa shape index (κ1) is 15.0. The van der Waals surface area contributed by atoms with Crippen LogP contribution in [0, 0.1) is 10.1 Å². The van der Waals surface area contributed by atoms with Crippen LogP contribution < -0.4 is 5.32 Å². The second-order valence-electron chi connectivity index (χ2n) is 4.28. The molecule has 0 fully saturated rings. The summed E-state index contributed by atoms with van der Waals surface area (Å²) in [7, 11) is 0. The fourth-order valence-corrected chi connectivity index (χ4v) is 2.11. The van der Waals surface area contributed by atoms with Gasteiger partial charge in [-0.05, 0) is 39.7 Å². The van der Waals surface area contributed by atoms with Crippen molar-refractivity contribution in [2.45, 2.75) is 6.54 Å². The van der Waals surface area contributed by atoms with E-state index in [0.29, 0.717) is 12.2 Å². The van der Waals surface area contributed by atoms with E-state index in [-0.39, 0.29) is 11.3 Å². The van der Waals surface area contributed by atoms with Crippen LogP contribution in [0.1, 0.15) is 15.9 Å². The van der Waals surface area contributed by atoms with Crippen molar-refractivity contribution < 1.29 is 14.8 Å². The number of anilines is 1. The molecular weight excluding hydrogens is 340 g/mol. The molecule has 0 aliphatic heterocycles. The fourth-order valence-electron chi connectivity index (χ4n) is 1.72. The van der Waals surface area contributed by atoms with Crippen LogP contribution in [-0.2, 0) is 6.54 Å². The van der Waals surface area contributed by atoms with Crippen LogP contribution in [0.25, 0.3) is 0 Å². The lowest BCUT2D eigenvalue weighted by Crippen LogP contribution is -2.02. The maximum absolute atomic E-state index is 10.8. The Morgan fingerprint density at radius 3 is 2.48 bits per heavy atom.